The van der Waals surface area contributed by atoms with Crippen LogP contribution in [0.25, 0.3) is 11.0 Å². The van der Waals surface area contributed by atoms with Gasteiger partial charge in [0, 0.05) is 19.2 Å². The maximum absolute atomic E-state index is 13.9. The monoisotopic (exact) mass is 313 g/mol. The van der Waals surface area contributed by atoms with E-state index in [0.29, 0.717) is 17.9 Å². The fourth-order valence-corrected chi connectivity index (χ4v) is 3.12. The number of fused-ring (bicyclic) bond motifs is 1. The van der Waals surface area contributed by atoms with Gasteiger partial charge in [-0.2, -0.15) is 0 Å². The molecular formula is C15H18ClF2N3. The van der Waals surface area contributed by atoms with Gasteiger partial charge in [-0.1, -0.05) is 0 Å². The van der Waals surface area contributed by atoms with E-state index in [1.807, 2.05) is 4.57 Å². The van der Waals surface area contributed by atoms with Crippen molar-refractivity contribution in [1.82, 2.24) is 14.5 Å². The van der Waals surface area contributed by atoms with Crippen LogP contribution in [-0.2, 0) is 6.54 Å². The summed E-state index contributed by atoms with van der Waals surface area (Å²) in [6.07, 6.45) is 2.43. The Morgan fingerprint density at radius 3 is 2.62 bits per heavy atom. The largest absolute Gasteiger partial charge is 0.325 e. The van der Waals surface area contributed by atoms with Crippen LogP contribution in [0.2, 0.25) is 0 Å². The van der Waals surface area contributed by atoms with Gasteiger partial charge in [-0.25, -0.2) is 13.8 Å². The number of likely N-dealkylation sites (tertiary alicyclic amines) is 1. The Labute approximate surface area is 127 Å². The second-order valence-corrected chi connectivity index (χ2v) is 6.20. The molecule has 0 aliphatic carbocycles. The van der Waals surface area contributed by atoms with Crippen LogP contribution in [0.3, 0.4) is 0 Å². The minimum Gasteiger partial charge on any atom is -0.325 e. The van der Waals surface area contributed by atoms with Crippen molar-refractivity contribution in [3.05, 3.63) is 29.6 Å². The van der Waals surface area contributed by atoms with Gasteiger partial charge >= 0.3 is 0 Å². The van der Waals surface area contributed by atoms with Gasteiger partial charge in [0.2, 0.25) is 0 Å². The number of hydrogen-bond donors (Lipinski definition) is 0. The number of imidazole rings is 1. The average molecular weight is 314 g/mol. The van der Waals surface area contributed by atoms with Gasteiger partial charge in [0.05, 0.1) is 10.9 Å². The Morgan fingerprint density at radius 2 is 1.95 bits per heavy atom. The van der Waals surface area contributed by atoms with Crippen molar-refractivity contribution in [2.24, 2.45) is 0 Å². The molecule has 6 heteroatoms. The first-order valence-corrected chi connectivity index (χ1v) is 7.71. The summed E-state index contributed by atoms with van der Waals surface area (Å²) in [5.41, 5.74) is 0.675. The van der Waals surface area contributed by atoms with Gasteiger partial charge < -0.3 is 9.47 Å². The minimum absolute atomic E-state index is 0.195. The molecule has 1 aromatic carbocycles. The van der Waals surface area contributed by atoms with Crippen LogP contribution in [-0.4, -0.2) is 34.1 Å². The van der Waals surface area contributed by atoms with E-state index in [1.165, 1.54) is 18.9 Å². The number of alkyl halides is 1. The molecule has 0 bridgehead atoms. The highest BCUT2D eigenvalue weighted by Gasteiger charge is 2.19. The van der Waals surface area contributed by atoms with E-state index in [4.69, 9.17) is 11.6 Å². The molecule has 1 fully saturated rings. The fourth-order valence-electron chi connectivity index (χ4n) is 2.95. The molecule has 0 saturated carbocycles. The highest BCUT2D eigenvalue weighted by molar-refractivity contribution is 6.20. The van der Waals surface area contributed by atoms with Gasteiger partial charge in [0.15, 0.2) is 5.82 Å². The molecule has 3 rings (SSSR count). The molecular weight excluding hydrogens is 296 g/mol. The molecule has 1 saturated heterocycles. The van der Waals surface area contributed by atoms with Crippen LogP contribution in [0.1, 0.15) is 31.0 Å². The van der Waals surface area contributed by atoms with Crippen molar-refractivity contribution in [2.75, 3.05) is 19.6 Å². The Balaban J connectivity index is 1.98. The Kier molecular flexibility index (Phi) is 4.13. The second kappa shape index (κ2) is 5.89. The van der Waals surface area contributed by atoms with E-state index in [1.54, 1.807) is 6.92 Å². The lowest BCUT2D eigenvalue weighted by atomic mass is 10.3. The fraction of sp³-hybridized carbons (Fsp3) is 0.533. The summed E-state index contributed by atoms with van der Waals surface area (Å²) in [5, 5.41) is -0.349. The lowest BCUT2D eigenvalue weighted by Gasteiger charge is -2.17. The number of hydrogen-bond acceptors (Lipinski definition) is 2. The first-order valence-electron chi connectivity index (χ1n) is 7.28. The summed E-state index contributed by atoms with van der Waals surface area (Å²) in [4.78, 5) is 6.62. The summed E-state index contributed by atoms with van der Waals surface area (Å²) in [6, 6.07) is 2.20. The quantitative estimate of drug-likeness (QED) is 0.802. The van der Waals surface area contributed by atoms with Crippen molar-refractivity contribution in [2.45, 2.75) is 31.7 Å². The van der Waals surface area contributed by atoms with Crippen molar-refractivity contribution < 1.29 is 8.78 Å². The van der Waals surface area contributed by atoms with Gasteiger partial charge in [0.1, 0.15) is 17.2 Å². The number of rotatable bonds is 4. The molecule has 114 valence electrons. The van der Waals surface area contributed by atoms with Crippen molar-refractivity contribution in [3.63, 3.8) is 0 Å². The zero-order chi connectivity index (χ0) is 15.0. The van der Waals surface area contributed by atoms with Crippen LogP contribution in [0, 0.1) is 11.6 Å². The smallest absolute Gasteiger partial charge is 0.153 e. The van der Waals surface area contributed by atoms with E-state index >= 15 is 0 Å². The van der Waals surface area contributed by atoms with Crippen molar-refractivity contribution >= 4 is 22.6 Å². The standard InChI is InChI=1S/C15H18ClF2N3/c1-10(16)15-19-14-12(18)8-11(17)9-13(14)21(15)7-6-20-4-2-3-5-20/h8-10H,2-7H2,1H3. The Morgan fingerprint density at radius 1 is 1.24 bits per heavy atom. The Bertz CT molecular complexity index is 648. The lowest BCUT2D eigenvalue weighted by molar-refractivity contribution is 0.322. The molecule has 1 atom stereocenters. The lowest BCUT2D eigenvalue weighted by Crippen LogP contribution is -2.24. The van der Waals surface area contributed by atoms with Crippen LogP contribution in [0.4, 0.5) is 8.78 Å². The summed E-state index contributed by atoms with van der Waals surface area (Å²) in [5.74, 6) is -0.630. The summed E-state index contributed by atoms with van der Waals surface area (Å²) < 4.78 is 29.2. The number of aromatic nitrogens is 2. The molecule has 3 nitrogen and oxygen atoms in total. The minimum atomic E-state index is -0.636. The zero-order valence-electron chi connectivity index (χ0n) is 12.0. The number of nitrogens with zero attached hydrogens (tertiary/aromatic N) is 3. The molecule has 21 heavy (non-hydrogen) atoms. The van der Waals surface area contributed by atoms with Gasteiger partial charge in [-0.15, -0.1) is 11.6 Å². The van der Waals surface area contributed by atoms with Crippen LogP contribution in [0.5, 0.6) is 0 Å². The van der Waals surface area contributed by atoms with E-state index in [0.717, 1.165) is 25.7 Å². The van der Waals surface area contributed by atoms with Crippen molar-refractivity contribution in [1.29, 1.82) is 0 Å². The second-order valence-electron chi connectivity index (χ2n) is 5.54. The molecule has 0 N–H and O–H groups in total. The molecule has 1 aliphatic rings. The maximum atomic E-state index is 13.9. The first kappa shape index (κ1) is 14.7. The van der Waals surface area contributed by atoms with E-state index in [2.05, 4.69) is 9.88 Å². The predicted molar refractivity (Wildman–Crippen MR) is 79.6 cm³/mol. The number of halogens is 3. The van der Waals surface area contributed by atoms with E-state index in [-0.39, 0.29) is 10.9 Å². The summed E-state index contributed by atoms with van der Waals surface area (Å²) >= 11 is 6.15. The maximum Gasteiger partial charge on any atom is 0.153 e. The van der Waals surface area contributed by atoms with E-state index < -0.39 is 11.6 Å². The van der Waals surface area contributed by atoms with E-state index in [9.17, 15) is 8.78 Å². The highest BCUT2D eigenvalue weighted by atomic mass is 35.5. The molecule has 1 unspecified atom stereocenters. The van der Waals surface area contributed by atoms with Crippen LogP contribution in [0.15, 0.2) is 12.1 Å². The predicted octanol–water partition coefficient (Wildman–Crippen LogP) is 3.71. The molecule has 1 aliphatic heterocycles. The summed E-state index contributed by atoms with van der Waals surface area (Å²) in [7, 11) is 0. The topological polar surface area (TPSA) is 21.1 Å². The van der Waals surface area contributed by atoms with Crippen LogP contribution < -0.4 is 0 Å². The highest BCUT2D eigenvalue weighted by Crippen LogP contribution is 2.27. The summed E-state index contributed by atoms with van der Waals surface area (Å²) in [6.45, 7) is 5.46. The molecule has 0 radical (unpaired) electrons. The third-order valence-corrected chi connectivity index (χ3v) is 4.19. The zero-order valence-corrected chi connectivity index (χ0v) is 12.7. The Hall–Kier alpha value is -1.20. The third kappa shape index (κ3) is 2.90. The van der Waals surface area contributed by atoms with Gasteiger partial charge in [0.25, 0.3) is 0 Å². The normalized spacial score (nSPS) is 17.7. The van der Waals surface area contributed by atoms with Gasteiger partial charge in [-0.05, 0) is 38.9 Å². The van der Waals surface area contributed by atoms with Crippen LogP contribution >= 0.6 is 11.6 Å². The molecule has 0 amide bonds. The van der Waals surface area contributed by atoms with Gasteiger partial charge in [-0.3, -0.25) is 0 Å². The number of benzene rings is 1. The third-order valence-electron chi connectivity index (χ3n) is 4.00. The molecule has 1 aromatic heterocycles. The average Bonchev–Trinajstić information content (AvgIpc) is 3.03. The molecule has 2 aromatic rings. The molecule has 0 spiro atoms. The SMILES string of the molecule is CC(Cl)c1nc2c(F)cc(F)cc2n1CCN1CCCC1. The first-order chi connectivity index (χ1) is 10.1. The molecule has 2 heterocycles. The van der Waals surface area contributed by atoms with Crippen molar-refractivity contribution in [3.8, 4) is 0 Å².